The van der Waals surface area contributed by atoms with E-state index in [-0.39, 0.29) is 11.5 Å². The van der Waals surface area contributed by atoms with Gasteiger partial charge in [-0.25, -0.2) is 0 Å². The summed E-state index contributed by atoms with van der Waals surface area (Å²) in [6.45, 7) is 0. The molecule has 1 N–H and O–H groups in total. The van der Waals surface area contributed by atoms with Crippen molar-refractivity contribution in [1.29, 1.82) is 0 Å². The molecule has 0 spiro atoms. The first kappa shape index (κ1) is 14.2. The molecule has 1 aliphatic heterocycles. The fourth-order valence-corrected chi connectivity index (χ4v) is 2.78. The maximum absolute atomic E-state index is 13.1. The minimum atomic E-state index is -3.61. The summed E-state index contributed by atoms with van der Waals surface area (Å²) in [6.07, 6.45) is -3.61. The zero-order valence-corrected chi connectivity index (χ0v) is 13.1. The highest BCUT2D eigenvalue weighted by Gasteiger charge is 2.43. The van der Waals surface area contributed by atoms with Crippen LogP contribution in [0.4, 0.5) is 8.78 Å². The fraction of sp³-hybridized carbons (Fsp3) is 0.0625. The van der Waals surface area contributed by atoms with Crippen LogP contribution in [0.15, 0.2) is 53.0 Å². The number of benzene rings is 2. The minimum absolute atomic E-state index is 0.00565. The summed E-state index contributed by atoms with van der Waals surface area (Å²) in [5, 5.41) is 7.16. The average molecular weight is 379 g/mol. The fourth-order valence-electron chi connectivity index (χ4n) is 2.38. The second-order valence-electron chi connectivity index (χ2n) is 5.01. The summed E-state index contributed by atoms with van der Waals surface area (Å²) in [6, 6.07) is 14.2. The van der Waals surface area contributed by atoms with Crippen molar-refractivity contribution in [2.45, 2.75) is 6.29 Å². The largest absolute Gasteiger partial charge is 0.586 e. The van der Waals surface area contributed by atoms with Crippen LogP contribution in [0.25, 0.3) is 22.5 Å². The summed E-state index contributed by atoms with van der Waals surface area (Å²) in [5.74, 6) is 0.0246. The van der Waals surface area contributed by atoms with E-state index in [1.54, 1.807) is 6.07 Å². The SMILES string of the molecule is FC1(F)Oc2ccc(-c3cc(-c4cccc(Br)c4)n[nH]3)cc2O1. The molecule has 0 unspecified atom stereocenters. The first-order chi connectivity index (χ1) is 11.0. The van der Waals surface area contributed by atoms with E-state index in [0.29, 0.717) is 11.3 Å². The molecule has 2 aromatic carbocycles. The Morgan fingerprint density at radius 2 is 1.78 bits per heavy atom. The van der Waals surface area contributed by atoms with E-state index < -0.39 is 6.29 Å². The highest BCUT2D eigenvalue weighted by molar-refractivity contribution is 9.10. The predicted octanol–water partition coefficient (Wildman–Crippen LogP) is 4.83. The number of halogens is 3. The summed E-state index contributed by atoms with van der Waals surface area (Å²) in [5.41, 5.74) is 3.07. The predicted molar refractivity (Wildman–Crippen MR) is 83.4 cm³/mol. The van der Waals surface area contributed by atoms with Crippen LogP contribution in [0.3, 0.4) is 0 Å². The molecule has 23 heavy (non-hydrogen) atoms. The molecular formula is C16H9BrF2N2O2. The van der Waals surface area contributed by atoms with Gasteiger partial charge in [0, 0.05) is 15.6 Å². The van der Waals surface area contributed by atoms with E-state index in [0.717, 1.165) is 15.7 Å². The molecule has 3 aromatic rings. The van der Waals surface area contributed by atoms with Crippen LogP contribution in [0.1, 0.15) is 0 Å². The van der Waals surface area contributed by atoms with Crippen LogP contribution < -0.4 is 9.47 Å². The minimum Gasteiger partial charge on any atom is -0.395 e. The third-order valence-electron chi connectivity index (χ3n) is 3.41. The van der Waals surface area contributed by atoms with Gasteiger partial charge < -0.3 is 9.47 Å². The Kier molecular flexibility index (Phi) is 3.12. The van der Waals surface area contributed by atoms with E-state index in [1.165, 1.54) is 12.1 Å². The first-order valence-corrected chi connectivity index (χ1v) is 7.51. The summed E-state index contributed by atoms with van der Waals surface area (Å²) < 4.78 is 35.9. The Morgan fingerprint density at radius 3 is 2.61 bits per heavy atom. The van der Waals surface area contributed by atoms with Gasteiger partial charge in [-0.3, -0.25) is 5.10 Å². The van der Waals surface area contributed by atoms with Gasteiger partial charge in [0.05, 0.1) is 11.4 Å². The van der Waals surface area contributed by atoms with Crippen molar-refractivity contribution in [3.8, 4) is 34.0 Å². The van der Waals surface area contributed by atoms with E-state index in [1.807, 2.05) is 30.3 Å². The van der Waals surface area contributed by atoms with Crippen molar-refractivity contribution >= 4 is 15.9 Å². The van der Waals surface area contributed by atoms with Crippen molar-refractivity contribution < 1.29 is 18.3 Å². The number of aromatic nitrogens is 2. The lowest BCUT2D eigenvalue weighted by Gasteiger charge is -2.04. The first-order valence-electron chi connectivity index (χ1n) is 6.72. The van der Waals surface area contributed by atoms with Crippen molar-refractivity contribution in [3.63, 3.8) is 0 Å². The van der Waals surface area contributed by atoms with E-state index in [2.05, 4.69) is 35.6 Å². The lowest BCUT2D eigenvalue weighted by Crippen LogP contribution is -2.25. The normalized spacial score (nSPS) is 14.9. The Balaban J connectivity index is 1.68. The summed E-state index contributed by atoms with van der Waals surface area (Å²) >= 11 is 3.42. The second kappa shape index (κ2) is 5.06. The zero-order valence-electron chi connectivity index (χ0n) is 11.5. The number of nitrogens with zero attached hydrogens (tertiary/aromatic N) is 1. The van der Waals surface area contributed by atoms with Crippen LogP contribution in [-0.4, -0.2) is 16.5 Å². The van der Waals surface area contributed by atoms with Gasteiger partial charge in [0.1, 0.15) is 0 Å². The van der Waals surface area contributed by atoms with Crippen molar-refractivity contribution in [3.05, 3.63) is 53.0 Å². The van der Waals surface area contributed by atoms with Crippen molar-refractivity contribution in [1.82, 2.24) is 10.2 Å². The number of nitrogens with one attached hydrogen (secondary N) is 1. The molecule has 4 nitrogen and oxygen atoms in total. The number of aromatic amines is 1. The molecule has 0 radical (unpaired) electrons. The Labute approximate surface area is 138 Å². The van der Waals surface area contributed by atoms with E-state index >= 15 is 0 Å². The third-order valence-corrected chi connectivity index (χ3v) is 3.90. The van der Waals surface area contributed by atoms with Gasteiger partial charge in [-0.1, -0.05) is 28.1 Å². The number of H-pyrrole nitrogens is 1. The van der Waals surface area contributed by atoms with Crippen molar-refractivity contribution in [2.24, 2.45) is 0 Å². The maximum atomic E-state index is 13.1. The van der Waals surface area contributed by atoms with Crippen molar-refractivity contribution in [2.75, 3.05) is 0 Å². The summed E-state index contributed by atoms with van der Waals surface area (Å²) in [4.78, 5) is 0. The van der Waals surface area contributed by atoms with Crippen LogP contribution in [-0.2, 0) is 0 Å². The quantitative estimate of drug-likeness (QED) is 0.694. The van der Waals surface area contributed by atoms with Gasteiger partial charge in [-0.05, 0) is 36.4 Å². The highest BCUT2D eigenvalue weighted by Crippen LogP contribution is 2.42. The smallest absolute Gasteiger partial charge is 0.395 e. The molecule has 1 aromatic heterocycles. The van der Waals surface area contributed by atoms with Gasteiger partial charge in [-0.15, -0.1) is 8.78 Å². The number of hydrogen-bond donors (Lipinski definition) is 1. The van der Waals surface area contributed by atoms with Gasteiger partial charge in [0.15, 0.2) is 11.5 Å². The zero-order chi connectivity index (χ0) is 16.0. The number of hydrogen-bond acceptors (Lipinski definition) is 3. The standard InChI is InChI=1S/C16H9BrF2N2O2/c17-11-3-1-2-9(6-11)12-8-13(21-20-12)10-4-5-14-15(7-10)23-16(18,19)22-14/h1-8H,(H,20,21). The van der Waals surface area contributed by atoms with Crippen LogP contribution in [0.5, 0.6) is 11.5 Å². The Bertz CT molecular complexity index is 895. The monoisotopic (exact) mass is 378 g/mol. The summed E-state index contributed by atoms with van der Waals surface area (Å²) in [7, 11) is 0. The molecule has 1 aliphatic rings. The molecular weight excluding hydrogens is 370 g/mol. The molecule has 0 amide bonds. The third kappa shape index (κ3) is 2.68. The Morgan fingerprint density at radius 1 is 0.957 bits per heavy atom. The maximum Gasteiger partial charge on any atom is 0.586 e. The van der Waals surface area contributed by atoms with Gasteiger partial charge in [0.25, 0.3) is 0 Å². The van der Waals surface area contributed by atoms with Gasteiger partial charge >= 0.3 is 6.29 Å². The van der Waals surface area contributed by atoms with Gasteiger partial charge in [0.2, 0.25) is 0 Å². The second-order valence-corrected chi connectivity index (χ2v) is 5.92. The molecule has 0 saturated carbocycles. The molecule has 4 rings (SSSR count). The van der Waals surface area contributed by atoms with Crippen LogP contribution in [0, 0.1) is 0 Å². The lowest BCUT2D eigenvalue weighted by atomic mass is 10.1. The topological polar surface area (TPSA) is 47.1 Å². The molecule has 116 valence electrons. The Hall–Kier alpha value is -2.41. The molecule has 7 heteroatoms. The molecule has 0 fully saturated rings. The molecule has 0 saturated heterocycles. The average Bonchev–Trinajstić information content (AvgIpc) is 3.09. The van der Waals surface area contributed by atoms with Gasteiger partial charge in [-0.2, -0.15) is 5.10 Å². The van der Waals surface area contributed by atoms with E-state index in [9.17, 15) is 8.78 Å². The molecule has 2 heterocycles. The van der Waals surface area contributed by atoms with E-state index in [4.69, 9.17) is 0 Å². The number of alkyl halides is 2. The number of ether oxygens (including phenoxy) is 2. The molecule has 0 bridgehead atoms. The molecule has 0 atom stereocenters. The molecule has 0 aliphatic carbocycles. The number of fused-ring (bicyclic) bond motifs is 1. The highest BCUT2D eigenvalue weighted by atomic mass is 79.9. The van der Waals surface area contributed by atoms with Crippen LogP contribution >= 0.6 is 15.9 Å². The lowest BCUT2D eigenvalue weighted by molar-refractivity contribution is -0.286. The van der Waals surface area contributed by atoms with Crippen LogP contribution in [0.2, 0.25) is 0 Å². The number of rotatable bonds is 2.